The minimum Gasteiger partial charge on any atom is -0.393 e. The second kappa shape index (κ2) is 6.44. The van der Waals surface area contributed by atoms with Crippen LogP contribution in [-0.2, 0) is 4.74 Å². The lowest BCUT2D eigenvalue weighted by atomic mass is 9.89. The van der Waals surface area contributed by atoms with Crippen LogP contribution in [0.25, 0.3) is 0 Å². The fraction of sp³-hybridized carbons (Fsp3) is 1.00. The summed E-state index contributed by atoms with van der Waals surface area (Å²) in [5, 5.41) is 9.73. The second-order valence-electron chi connectivity index (χ2n) is 3.72. The molecule has 0 radical (unpaired) electrons. The normalized spacial score (nSPS) is 16.5. The molecule has 0 amide bonds. The molecular weight excluding hydrogens is 152 g/mol. The minimum atomic E-state index is -0.199. The average molecular weight is 174 g/mol. The van der Waals surface area contributed by atoms with E-state index >= 15 is 0 Å². The van der Waals surface area contributed by atoms with E-state index in [1.165, 1.54) is 0 Å². The van der Waals surface area contributed by atoms with Gasteiger partial charge in [-0.15, -0.1) is 0 Å². The van der Waals surface area contributed by atoms with Crippen molar-refractivity contribution in [2.75, 3.05) is 13.7 Å². The summed E-state index contributed by atoms with van der Waals surface area (Å²) in [5.74, 6) is 0.779. The highest BCUT2D eigenvalue weighted by molar-refractivity contribution is 4.71. The highest BCUT2D eigenvalue weighted by Crippen LogP contribution is 2.18. The Labute approximate surface area is 75.9 Å². The van der Waals surface area contributed by atoms with E-state index in [0.717, 1.165) is 12.8 Å². The fourth-order valence-electron chi connectivity index (χ4n) is 1.45. The molecule has 0 aromatic rings. The second-order valence-corrected chi connectivity index (χ2v) is 3.72. The summed E-state index contributed by atoms with van der Waals surface area (Å²) in [6, 6.07) is 0. The monoisotopic (exact) mass is 174 g/mol. The van der Waals surface area contributed by atoms with Crippen LogP contribution >= 0.6 is 0 Å². The first kappa shape index (κ1) is 11.9. The highest BCUT2D eigenvalue weighted by Gasteiger charge is 2.21. The molecule has 0 aromatic carbocycles. The maximum absolute atomic E-state index is 9.73. The van der Waals surface area contributed by atoms with Crippen LogP contribution in [0.4, 0.5) is 0 Å². The van der Waals surface area contributed by atoms with Crippen molar-refractivity contribution >= 4 is 0 Å². The van der Waals surface area contributed by atoms with Gasteiger partial charge < -0.3 is 9.84 Å². The van der Waals surface area contributed by atoms with Crippen LogP contribution in [0, 0.1) is 11.8 Å². The zero-order valence-electron chi connectivity index (χ0n) is 8.71. The Morgan fingerprint density at radius 3 is 2.25 bits per heavy atom. The third-order valence-electron chi connectivity index (χ3n) is 2.29. The Kier molecular flexibility index (Phi) is 6.39. The molecule has 0 aromatic heterocycles. The van der Waals surface area contributed by atoms with Crippen molar-refractivity contribution in [2.24, 2.45) is 11.8 Å². The smallest absolute Gasteiger partial charge is 0.0592 e. The van der Waals surface area contributed by atoms with Gasteiger partial charge in [0.2, 0.25) is 0 Å². The lowest BCUT2D eigenvalue weighted by Gasteiger charge is -2.25. The molecule has 0 saturated carbocycles. The first-order valence-electron chi connectivity index (χ1n) is 4.80. The van der Waals surface area contributed by atoms with Crippen molar-refractivity contribution in [3.8, 4) is 0 Å². The average Bonchev–Trinajstić information content (AvgIpc) is 1.99. The van der Waals surface area contributed by atoms with Gasteiger partial charge in [-0.1, -0.05) is 27.2 Å². The van der Waals surface area contributed by atoms with E-state index in [-0.39, 0.29) is 12.0 Å². The molecule has 12 heavy (non-hydrogen) atoms. The van der Waals surface area contributed by atoms with Crippen molar-refractivity contribution < 1.29 is 9.84 Å². The summed E-state index contributed by atoms with van der Waals surface area (Å²) in [6.45, 7) is 7.01. The summed E-state index contributed by atoms with van der Waals surface area (Å²) < 4.78 is 5.07. The van der Waals surface area contributed by atoms with Crippen LogP contribution < -0.4 is 0 Å². The van der Waals surface area contributed by atoms with Gasteiger partial charge in [0, 0.05) is 13.0 Å². The molecule has 2 unspecified atom stereocenters. The molecule has 0 heterocycles. The summed E-state index contributed by atoms with van der Waals surface area (Å²) >= 11 is 0. The number of hydrogen-bond donors (Lipinski definition) is 1. The Morgan fingerprint density at radius 1 is 1.33 bits per heavy atom. The van der Waals surface area contributed by atoms with E-state index in [4.69, 9.17) is 4.74 Å². The lowest BCUT2D eigenvalue weighted by molar-refractivity contribution is 0.0196. The van der Waals surface area contributed by atoms with Gasteiger partial charge >= 0.3 is 0 Å². The van der Waals surface area contributed by atoms with Gasteiger partial charge in [-0.3, -0.25) is 0 Å². The molecule has 0 saturated heterocycles. The van der Waals surface area contributed by atoms with Crippen molar-refractivity contribution in [3.63, 3.8) is 0 Å². The minimum absolute atomic E-state index is 0.199. The Bertz CT molecular complexity index is 102. The van der Waals surface area contributed by atoms with Gasteiger partial charge in [0.25, 0.3) is 0 Å². The molecule has 74 valence electrons. The predicted octanol–water partition coefficient (Wildman–Crippen LogP) is 2.07. The molecule has 0 aliphatic rings. The number of ether oxygens (including phenoxy) is 1. The molecule has 0 rings (SSSR count). The Balaban J connectivity index is 3.90. The third-order valence-corrected chi connectivity index (χ3v) is 2.29. The zero-order valence-corrected chi connectivity index (χ0v) is 8.71. The van der Waals surface area contributed by atoms with Gasteiger partial charge in [-0.2, -0.15) is 0 Å². The zero-order chi connectivity index (χ0) is 9.56. The topological polar surface area (TPSA) is 29.5 Å². The van der Waals surface area contributed by atoms with Crippen LogP contribution in [-0.4, -0.2) is 24.9 Å². The maximum Gasteiger partial charge on any atom is 0.0592 e. The van der Waals surface area contributed by atoms with Crippen molar-refractivity contribution in [1.29, 1.82) is 0 Å². The van der Waals surface area contributed by atoms with E-state index in [1.807, 2.05) is 0 Å². The Hall–Kier alpha value is -0.0800. The number of hydrogen-bond acceptors (Lipinski definition) is 2. The number of rotatable bonds is 6. The summed E-state index contributed by atoms with van der Waals surface area (Å²) in [7, 11) is 1.69. The summed E-state index contributed by atoms with van der Waals surface area (Å²) in [5.41, 5.74) is 0. The first-order chi connectivity index (χ1) is 5.63. The molecule has 0 spiro atoms. The molecular formula is C10H22O2. The van der Waals surface area contributed by atoms with E-state index in [0.29, 0.717) is 12.5 Å². The van der Waals surface area contributed by atoms with E-state index in [2.05, 4.69) is 20.8 Å². The van der Waals surface area contributed by atoms with E-state index in [1.54, 1.807) is 7.11 Å². The van der Waals surface area contributed by atoms with Crippen LogP contribution in [0.5, 0.6) is 0 Å². The van der Waals surface area contributed by atoms with E-state index < -0.39 is 0 Å². The largest absolute Gasteiger partial charge is 0.393 e. The summed E-state index contributed by atoms with van der Waals surface area (Å²) in [4.78, 5) is 0. The number of aliphatic hydroxyl groups excluding tert-OH is 1. The predicted molar refractivity (Wildman–Crippen MR) is 51.1 cm³/mol. The van der Waals surface area contributed by atoms with E-state index in [9.17, 15) is 5.11 Å². The lowest BCUT2D eigenvalue weighted by Crippen LogP contribution is -2.29. The summed E-state index contributed by atoms with van der Waals surface area (Å²) in [6.07, 6.45) is 1.72. The quantitative estimate of drug-likeness (QED) is 0.668. The molecule has 2 heteroatoms. The van der Waals surface area contributed by atoms with Crippen LogP contribution in [0.3, 0.4) is 0 Å². The van der Waals surface area contributed by atoms with Gasteiger partial charge in [0.1, 0.15) is 0 Å². The molecule has 0 fully saturated rings. The third kappa shape index (κ3) is 4.07. The van der Waals surface area contributed by atoms with Gasteiger partial charge in [0.15, 0.2) is 0 Å². The van der Waals surface area contributed by atoms with Crippen molar-refractivity contribution in [1.82, 2.24) is 0 Å². The highest BCUT2D eigenvalue weighted by atomic mass is 16.5. The molecule has 0 aliphatic heterocycles. The molecule has 1 N–H and O–H groups in total. The standard InChI is InChI=1S/C10H22O2/c1-5-6-10(11)9(7-12-4)8(2)3/h8-11H,5-7H2,1-4H3. The molecule has 2 nitrogen and oxygen atoms in total. The van der Waals surface area contributed by atoms with Crippen LogP contribution in [0.15, 0.2) is 0 Å². The van der Waals surface area contributed by atoms with Crippen LogP contribution in [0.1, 0.15) is 33.6 Å². The van der Waals surface area contributed by atoms with Gasteiger partial charge in [-0.25, -0.2) is 0 Å². The SMILES string of the molecule is CCCC(O)C(COC)C(C)C. The number of methoxy groups -OCH3 is 1. The maximum atomic E-state index is 9.73. The molecule has 2 atom stereocenters. The van der Waals surface area contributed by atoms with Gasteiger partial charge in [0.05, 0.1) is 12.7 Å². The van der Waals surface area contributed by atoms with Crippen molar-refractivity contribution in [2.45, 2.75) is 39.7 Å². The van der Waals surface area contributed by atoms with Gasteiger partial charge in [-0.05, 0) is 12.3 Å². The number of aliphatic hydroxyl groups is 1. The molecule has 0 bridgehead atoms. The van der Waals surface area contributed by atoms with Crippen molar-refractivity contribution in [3.05, 3.63) is 0 Å². The fourth-order valence-corrected chi connectivity index (χ4v) is 1.45. The first-order valence-corrected chi connectivity index (χ1v) is 4.80. The van der Waals surface area contributed by atoms with Crippen LogP contribution in [0.2, 0.25) is 0 Å². The Morgan fingerprint density at radius 2 is 1.92 bits per heavy atom. The molecule has 0 aliphatic carbocycles.